The van der Waals surface area contributed by atoms with Gasteiger partial charge in [-0.2, -0.15) is 0 Å². The number of ether oxygens (including phenoxy) is 4. The molecule has 0 aliphatic heterocycles. The van der Waals surface area contributed by atoms with Crippen molar-refractivity contribution in [1.82, 2.24) is 0 Å². The Morgan fingerprint density at radius 1 is 0.311 bits per heavy atom. The van der Waals surface area contributed by atoms with Crippen molar-refractivity contribution in [3.8, 4) is 0 Å². The molecular weight excluding hydrogens is 1190 g/mol. The van der Waals surface area contributed by atoms with Crippen LogP contribution in [0.1, 0.15) is 351 Å². The van der Waals surface area contributed by atoms with Gasteiger partial charge in [0.2, 0.25) is 0 Å². The fourth-order valence-corrected chi connectivity index (χ4v) is 12.2. The van der Waals surface area contributed by atoms with Crippen molar-refractivity contribution in [1.29, 1.82) is 0 Å². The summed E-state index contributed by atoms with van der Waals surface area (Å²) in [5.41, 5.74) is 0. The average Bonchev–Trinajstić information content (AvgIpc) is 3.43. The van der Waals surface area contributed by atoms with Gasteiger partial charge in [-0.25, -0.2) is 9.13 Å². The van der Waals surface area contributed by atoms with Gasteiger partial charge >= 0.3 is 39.5 Å². The van der Waals surface area contributed by atoms with Gasteiger partial charge in [0.25, 0.3) is 0 Å². The van der Waals surface area contributed by atoms with E-state index >= 15 is 0 Å². The molecule has 17 nitrogen and oxygen atoms in total. The van der Waals surface area contributed by atoms with Gasteiger partial charge in [0, 0.05) is 25.7 Å². The van der Waals surface area contributed by atoms with Crippen LogP contribution in [0.2, 0.25) is 0 Å². The van der Waals surface area contributed by atoms with E-state index in [4.69, 9.17) is 37.0 Å². The van der Waals surface area contributed by atoms with E-state index in [2.05, 4.69) is 55.4 Å². The molecule has 3 N–H and O–H groups in total. The monoisotopic (exact) mass is 1320 g/mol. The Morgan fingerprint density at radius 2 is 0.533 bits per heavy atom. The van der Waals surface area contributed by atoms with Crippen LogP contribution in [0, 0.1) is 23.7 Å². The van der Waals surface area contributed by atoms with E-state index in [1.54, 1.807) is 0 Å². The number of unbranched alkanes of at least 4 members (excludes halogenated alkanes) is 33. The minimum absolute atomic E-state index is 0.102. The standard InChI is InChI=1S/C71H138O17P2/c1-9-64(8)50-42-34-28-30-38-46-54-71(76)88-67(58-82-69(74)52-44-36-26-22-24-32-40-48-62(4)5)60-86-90(79,80)84-56-65(72)55-83-89(77,78)85-59-66(87-70(75)53-45-37-29-27-33-41-49-63(6)7)57-81-68(73)51-43-35-25-21-19-17-15-13-11-10-12-14-16-18-20-23-31-39-47-61(2)3/h61-67,72H,9-60H2,1-8H3,(H,77,78)(H,79,80)/t64?,65?,66-,67-/m1/s1. The summed E-state index contributed by atoms with van der Waals surface area (Å²) < 4.78 is 68.2. The van der Waals surface area contributed by atoms with Crippen LogP contribution in [0.3, 0.4) is 0 Å². The van der Waals surface area contributed by atoms with Gasteiger partial charge < -0.3 is 33.8 Å². The van der Waals surface area contributed by atoms with Crippen LogP contribution < -0.4 is 0 Å². The number of hydrogen-bond donors (Lipinski definition) is 3. The first-order valence-electron chi connectivity index (χ1n) is 36.7. The Balaban J connectivity index is 5.10. The Kier molecular flexibility index (Phi) is 59.4. The van der Waals surface area contributed by atoms with Gasteiger partial charge in [-0.15, -0.1) is 0 Å². The van der Waals surface area contributed by atoms with Crippen molar-refractivity contribution in [2.24, 2.45) is 23.7 Å². The van der Waals surface area contributed by atoms with Crippen LogP contribution in [-0.4, -0.2) is 96.7 Å². The number of rotatable bonds is 68. The van der Waals surface area contributed by atoms with Crippen LogP contribution in [0.4, 0.5) is 0 Å². The molecule has 0 rings (SSSR count). The van der Waals surface area contributed by atoms with E-state index in [-0.39, 0.29) is 25.7 Å². The number of aliphatic hydroxyl groups excluding tert-OH is 1. The Labute approximate surface area is 549 Å². The van der Waals surface area contributed by atoms with Crippen LogP contribution in [0.25, 0.3) is 0 Å². The molecule has 0 heterocycles. The largest absolute Gasteiger partial charge is 0.472 e. The molecule has 0 radical (unpaired) electrons. The SMILES string of the molecule is CCC(C)CCCCCCCCC(=O)O[C@H](COC(=O)CCCCCCCCCC(C)C)COP(=O)(O)OCC(O)COP(=O)(O)OC[C@@H](COC(=O)CCCCCCCCCCCCCCCCCCCCC(C)C)OC(=O)CCCCCCCCC(C)C. The van der Waals surface area contributed by atoms with E-state index in [1.165, 1.54) is 148 Å². The molecule has 0 fully saturated rings. The Bertz CT molecular complexity index is 1780. The predicted octanol–water partition coefficient (Wildman–Crippen LogP) is 20.1. The quantitative estimate of drug-likeness (QED) is 0.0222. The molecule has 0 bridgehead atoms. The summed E-state index contributed by atoms with van der Waals surface area (Å²) in [5.74, 6) is 0.780. The lowest BCUT2D eigenvalue weighted by Crippen LogP contribution is -2.30. The summed E-state index contributed by atoms with van der Waals surface area (Å²) in [5, 5.41) is 10.6. The van der Waals surface area contributed by atoms with E-state index < -0.39 is 97.5 Å². The van der Waals surface area contributed by atoms with E-state index in [1.807, 2.05) is 0 Å². The Hall–Kier alpha value is -1.94. The lowest BCUT2D eigenvalue weighted by Gasteiger charge is -2.21. The van der Waals surface area contributed by atoms with Crippen molar-refractivity contribution < 1.29 is 80.2 Å². The molecule has 6 atom stereocenters. The molecule has 0 aliphatic rings. The van der Waals surface area contributed by atoms with Gasteiger partial charge in [0.1, 0.15) is 19.3 Å². The van der Waals surface area contributed by atoms with Crippen LogP contribution in [0.5, 0.6) is 0 Å². The van der Waals surface area contributed by atoms with Gasteiger partial charge in [0.05, 0.1) is 26.4 Å². The smallest absolute Gasteiger partial charge is 0.462 e. The zero-order valence-electron chi connectivity index (χ0n) is 58.8. The van der Waals surface area contributed by atoms with Crippen LogP contribution in [0.15, 0.2) is 0 Å². The van der Waals surface area contributed by atoms with Gasteiger partial charge in [0.15, 0.2) is 12.2 Å². The van der Waals surface area contributed by atoms with Crippen molar-refractivity contribution in [2.45, 2.75) is 369 Å². The molecule has 0 spiro atoms. The topological polar surface area (TPSA) is 237 Å². The predicted molar refractivity (Wildman–Crippen MR) is 363 cm³/mol. The number of phosphoric acid groups is 2. The maximum Gasteiger partial charge on any atom is 0.472 e. The number of hydrogen-bond acceptors (Lipinski definition) is 15. The van der Waals surface area contributed by atoms with Crippen LogP contribution in [-0.2, 0) is 65.4 Å². The zero-order chi connectivity index (χ0) is 66.8. The molecule has 0 saturated heterocycles. The third-order valence-electron chi connectivity index (χ3n) is 16.7. The molecule has 0 amide bonds. The maximum atomic E-state index is 13.0. The lowest BCUT2D eigenvalue weighted by atomic mass is 10.00. The highest BCUT2D eigenvalue weighted by Gasteiger charge is 2.30. The highest BCUT2D eigenvalue weighted by molar-refractivity contribution is 7.47. The van der Waals surface area contributed by atoms with Gasteiger partial charge in [-0.1, -0.05) is 299 Å². The molecule has 90 heavy (non-hydrogen) atoms. The first-order valence-corrected chi connectivity index (χ1v) is 39.7. The number of esters is 4. The van der Waals surface area contributed by atoms with Gasteiger partial charge in [-0.05, 0) is 49.4 Å². The van der Waals surface area contributed by atoms with Gasteiger partial charge in [-0.3, -0.25) is 37.3 Å². The number of carbonyl (C=O) groups excluding carboxylic acids is 4. The zero-order valence-corrected chi connectivity index (χ0v) is 60.6. The summed E-state index contributed by atoms with van der Waals surface area (Å²) in [7, 11) is -9.90. The minimum atomic E-state index is -4.95. The normalized spacial score (nSPS) is 14.6. The minimum Gasteiger partial charge on any atom is -0.462 e. The molecular formula is C71H138O17P2. The number of phosphoric ester groups is 2. The summed E-state index contributed by atoms with van der Waals surface area (Å²) in [6.45, 7) is 14.0. The molecule has 4 unspecified atom stereocenters. The summed E-state index contributed by atoms with van der Waals surface area (Å²) in [6, 6.07) is 0. The number of carbonyl (C=O) groups is 4. The first kappa shape index (κ1) is 88.1. The second kappa shape index (κ2) is 60.7. The van der Waals surface area contributed by atoms with E-state index in [9.17, 15) is 43.2 Å². The van der Waals surface area contributed by atoms with Crippen molar-refractivity contribution in [3.63, 3.8) is 0 Å². The maximum absolute atomic E-state index is 13.0. The molecule has 19 heteroatoms. The molecule has 534 valence electrons. The summed E-state index contributed by atoms with van der Waals surface area (Å²) in [6.07, 6.45) is 43.6. The molecule has 0 saturated carbocycles. The summed E-state index contributed by atoms with van der Waals surface area (Å²) >= 11 is 0. The highest BCUT2D eigenvalue weighted by Crippen LogP contribution is 2.45. The first-order chi connectivity index (χ1) is 43.1. The highest BCUT2D eigenvalue weighted by atomic mass is 31.2. The third kappa shape index (κ3) is 63.5. The average molecular weight is 1330 g/mol. The third-order valence-corrected chi connectivity index (χ3v) is 18.6. The molecule has 0 aromatic rings. The van der Waals surface area contributed by atoms with E-state index in [0.717, 1.165) is 108 Å². The lowest BCUT2D eigenvalue weighted by molar-refractivity contribution is -0.161. The summed E-state index contributed by atoms with van der Waals surface area (Å²) in [4.78, 5) is 72.4. The van der Waals surface area contributed by atoms with Crippen LogP contribution >= 0.6 is 15.6 Å². The van der Waals surface area contributed by atoms with E-state index in [0.29, 0.717) is 37.5 Å². The molecule has 0 aromatic heterocycles. The molecule has 0 aliphatic carbocycles. The fraction of sp³-hybridized carbons (Fsp3) is 0.944. The van der Waals surface area contributed by atoms with Crippen molar-refractivity contribution >= 4 is 39.5 Å². The second-order valence-corrected chi connectivity index (χ2v) is 30.2. The Morgan fingerprint density at radius 3 is 0.789 bits per heavy atom. The number of aliphatic hydroxyl groups is 1. The van der Waals surface area contributed by atoms with Crippen molar-refractivity contribution in [2.75, 3.05) is 39.6 Å². The van der Waals surface area contributed by atoms with Crippen molar-refractivity contribution in [3.05, 3.63) is 0 Å². The molecule has 0 aromatic carbocycles. The second-order valence-electron chi connectivity index (χ2n) is 27.3. The fourth-order valence-electron chi connectivity index (χ4n) is 10.6.